The highest BCUT2D eigenvalue weighted by Gasteiger charge is 2.25. The maximum atomic E-state index is 12.3. The van der Waals surface area contributed by atoms with Crippen LogP contribution in [0.1, 0.15) is 25.7 Å². The summed E-state index contributed by atoms with van der Waals surface area (Å²) in [7, 11) is -1.55. The van der Waals surface area contributed by atoms with E-state index in [0.717, 1.165) is 44.5 Å². The maximum Gasteiger partial charge on any atom is 0.242 e. The van der Waals surface area contributed by atoms with Crippen molar-refractivity contribution in [3.8, 4) is 0 Å². The Hall–Kier alpha value is -2.13. The number of hydrogen-bond acceptors (Lipinski definition) is 6. The van der Waals surface area contributed by atoms with E-state index in [1.54, 1.807) is 12.1 Å². The Morgan fingerprint density at radius 3 is 2.74 bits per heavy atom. The molecule has 0 radical (unpaired) electrons. The molecule has 4 rings (SSSR count). The van der Waals surface area contributed by atoms with Crippen LogP contribution in [0.4, 0.5) is 11.5 Å². The third-order valence-electron chi connectivity index (χ3n) is 5.14. The van der Waals surface area contributed by atoms with E-state index in [2.05, 4.69) is 25.0 Å². The molecule has 146 valence electrons. The number of piperidine rings is 1. The van der Waals surface area contributed by atoms with Gasteiger partial charge < -0.3 is 10.2 Å². The Balaban J connectivity index is 1.36. The molecule has 0 aromatic carbocycles. The van der Waals surface area contributed by atoms with Gasteiger partial charge in [-0.1, -0.05) is 0 Å². The predicted molar refractivity (Wildman–Crippen MR) is 104 cm³/mol. The molecule has 2 aromatic heterocycles. The van der Waals surface area contributed by atoms with Crippen molar-refractivity contribution < 1.29 is 8.42 Å². The summed E-state index contributed by atoms with van der Waals surface area (Å²) >= 11 is 0. The second kappa shape index (κ2) is 7.47. The average Bonchev–Trinajstić information content (AvgIpc) is 3.40. The minimum absolute atomic E-state index is 0.217. The summed E-state index contributed by atoms with van der Waals surface area (Å²) < 4.78 is 29.0. The molecule has 2 aromatic rings. The molecule has 1 saturated heterocycles. The molecule has 3 heterocycles. The van der Waals surface area contributed by atoms with Crippen LogP contribution in [0.25, 0.3) is 0 Å². The van der Waals surface area contributed by atoms with Gasteiger partial charge >= 0.3 is 0 Å². The van der Waals surface area contributed by atoms with Crippen molar-refractivity contribution >= 4 is 21.5 Å². The van der Waals surface area contributed by atoms with E-state index in [9.17, 15) is 8.42 Å². The number of hydrogen-bond donors (Lipinski definition) is 2. The van der Waals surface area contributed by atoms with Gasteiger partial charge in [-0.05, 0) is 43.7 Å². The van der Waals surface area contributed by atoms with Crippen LogP contribution >= 0.6 is 0 Å². The molecular formula is C18H26N6O2S. The van der Waals surface area contributed by atoms with E-state index < -0.39 is 10.0 Å². The summed E-state index contributed by atoms with van der Waals surface area (Å²) in [6, 6.07) is 3.63. The van der Waals surface area contributed by atoms with Gasteiger partial charge in [-0.3, -0.25) is 4.68 Å². The van der Waals surface area contributed by atoms with Crippen molar-refractivity contribution in [2.75, 3.05) is 29.9 Å². The summed E-state index contributed by atoms with van der Waals surface area (Å²) in [5, 5.41) is 7.67. The first-order valence-corrected chi connectivity index (χ1v) is 10.9. The SMILES string of the molecule is Cn1cc(N2CCCC(Nc3ccc(S(=O)(=O)NCC4CC4)cn3)C2)cn1. The van der Waals surface area contributed by atoms with E-state index in [4.69, 9.17) is 0 Å². The van der Waals surface area contributed by atoms with Gasteiger partial charge in [-0.25, -0.2) is 18.1 Å². The quantitative estimate of drug-likeness (QED) is 0.746. The third kappa shape index (κ3) is 4.59. The van der Waals surface area contributed by atoms with Crippen LogP contribution in [0.3, 0.4) is 0 Å². The second-order valence-corrected chi connectivity index (χ2v) is 9.24. The highest BCUT2D eigenvalue weighted by molar-refractivity contribution is 7.89. The van der Waals surface area contributed by atoms with Gasteiger partial charge in [0.2, 0.25) is 10.0 Å². The van der Waals surface area contributed by atoms with Crippen molar-refractivity contribution in [3.05, 3.63) is 30.7 Å². The van der Waals surface area contributed by atoms with Crippen LogP contribution in [0, 0.1) is 5.92 Å². The summed E-state index contributed by atoms with van der Waals surface area (Å²) in [6.07, 6.45) is 9.71. The fourth-order valence-electron chi connectivity index (χ4n) is 3.37. The Morgan fingerprint density at radius 1 is 1.22 bits per heavy atom. The summed E-state index contributed by atoms with van der Waals surface area (Å²) in [5.74, 6) is 1.21. The normalized spacial score (nSPS) is 20.6. The molecule has 1 atom stereocenters. The number of sulfonamides is 1. The highest BCUT2D eigenvalue weighted by atomic mass is 32.2. The molecule has 1 aliphatic heterocycles. The van der Waals surface area contributed by atoms with Crippen molar-refractivity contribution in [3.63, 3.8) is 0 Å². The van der Waals surface area contributed by atoms with Gasteiger partial charge in [0.15, 0.2) is 0 Å². The fraction of sp³-hybridized carbons (Fsp3) is 0.556. The van der Waals surface area contributed by atoms with Gasteiger partial charge in [-0.15, -0.1) is 0 Å². The summed E-state index contributed by atoms with van der Waals surface area (Å²) in [5.41, 5.74) is 1.13. The molecule has 27 heavy (non-hydrogen) atoms. The molecule has 0 spiro atoms. The van der Waals surface area contributed by atoms with Crippen molar-refractivity contribution in [1.29, 1.82) is 0 Å². The maximum absolute atomic E-state index is 12.3. The van der Waals surface area contributed by atoms with E-state index in [1.165, 1.54) is 6.20 Å². The van der Waals surface area contributed by atoms with E-state index in [1.807, 2.05) is 24.1 Å². The van der Waals surface area contributed by atoms with E-state index >= 15 is 0 Å². The van der Waals surface area contributed by atoms with Crippen LogP contribution in [0.2, 0.25) is 0 Å². The van der Waals surface area contributed by atoms with Gasteiger partial charge in [0.05, 0.1) is 11.9 Å². The molecule has 1 unspecified atom stereocenters. The van der Waals surface area contributed by atoms with Gasteiger partial charge in [-0.2, -0.15) is 5.10 Å². The molecule has 8 nitrogen and oxygen atoms in total. The van der Waals surface area contributed by atoms with Crippen LogP contribution in [0.5, 0.6) is 0 Å². The molecule has 0 bridgehead atoms. The lowest BCUT2D eigenvalue weighted by atomic mass is 10.1. The number of nitrogens with one attached hydrogen (secondary N) is 2. The first kappa shape index (κ1) is 18.2. The number of anilines is 2. The van der Waals surface area contributed by atoms with Crippen LogP contribution in [0.15, 0.2) is 35.6 Å². The third-order valence-corrected chi connectivity index (χ3v) is 6.54. The molecule has 2 N–H and O–H groups in total. The number of aryl methyl sites for hydroxylation is 1. The van der Waals surface area contributed by atoms with Crippen molar-refractivity contribution in [1.82, 2.24) is 19.5 Å². The predicted octanol–water partition coefficient (Wildman–Crippen LogP) is 1.58. The summed E-state index contributed by atoms with van der Waals surface area (Å²) in [4.78, 5) is 6.85. The molecule has 1 aliphatic carbocycles. The Labute approximate surface area is 160 Å². The van der Waals surface area contributed by atoms with Gasteiger partial charge in [0, 0.05) is 45.1 Å². The first-order chi connectivity index (χ1) is 13.0. The number of nitrogens with zero attached hydrogens (tertiary/aromatic N) is 4. The summed E-state index contributed by atoms with van der Waals surface area (Å²) in [6.45, 7) is 2.41. The topological polar surface area (TPSA) is 92.1 Å². The zero-order valence-electron chi connectivity index (χ0n) is 15.5. The molecular weight excluding hydrogens is 364 g/mol. The van der Waals surface area contributed by atoms with Gasteiger partial charge in [0.1, 0.15) is 10.7 Å². The minimum atomic E-state index is -3.47. The monoisotopic (exact) mass is 390 g/mol. The van der Waals surface area contributed by atoms with Crippen LogP contribution in [-0.4, -0.2) is 48.9 Å². The molecule has 9 heteroatoms. The lowest BCUT2D eigenvalue weighted by molar-refractivity contribution is 0.529. The fourth-order valence-corrected chi connectivity index (χ4v) is 4.43. The van der Waals surface area contributed by atoms with Crippen molar-refractivity contribution in [2.24, 2.45) is 13.0 Å². The van der Waals surface area contributed by atoms with Gasteiger partial charge in [0.25, 0.3) is 0 Å². The second-order valence-electron chi connectivity index (χ2n) is 7.48. The zero-order valence-corrected chi connectivity index (χ0v) is 16.3. The molecule has 2 fully saturated rings. The number of aromatic nitrogens is 3. The highest BCUT2D eigenvalue weighted by Crippen LogP contribution is 2.28. The standard InChI is InChI=1S/C18H26N6O2S/c1-23-13-16(10-20-23)24-8-2-3-15(12-24)22-18-7-6-17(11-19-18)27(25,26)21-9-14-4-5-14/h6-7,10-11,13-15,21H,2-5,8-9,12H2,1H3,(H,19,22). The molecule has 2 aliphatic rings. The zero-order chi connectivity index (χ0) is 18.9. The first-order valence-electron chi connectivity index (χ1n) is 9.45. The molecule has 0 amide bonds. The smallest absolute Gasteiger partial charge is 0.242 e. The lowest BCUT2D eigenvalue weighted by Gasteiger charge is -2.34. The molecule has 1 saturated carbocycles. The van der Waals surface area contributed by atoms with E-state index in [-0.39, 0.29) is 10.9 Å². The van der Waals surface area contributed by atoms with Crippen molar-refractivity contribution in [2.45, 2.75) is 36.6 Å². The van der Waals surface area contributed by atoms with E-state index in [0.29, 0.717) is 18.3 Å². The van der Waals surface area contributed by atoms with Crippen LogP contribution < -0.4 is 14.9 Å². The minimum Gasteiger partial charge on any atom is -0.367 e. The largest absolute Gasteiger partial charge is 0.367 e. The number of rotatable bonds is 7. The Morgan fingerprint density at radius 2 is 2.07 bits per heavy atom. The number of pyridine rings is 1. The Kier molecular flexibility index (Phi) is 5.05. The lowest BCUT2D eigenvalue weighted by Crippen LogP contribution is -2.42. The Bertz CT molecular complexity index is 876. The van der Waals surface area contributed by atoms with Crippen LogP contribution in [-0.2, 0) is 17.1 Å². The average molecular weight is 391 g/mol.